The molecule has 0 aromatic heterocycles. The van der Waals surface area contributed by atoms with Crippen molar-refractivity contribution in [2.75, 3.05) is 6.54 Å². The minimum Gasteiger partial charge on any atom is -0.211 e. The van der Waals surface area contributed by atoms with Crippen molar-refractivity contribution in [3.05, 3.63) is 41.5 Å². The second kappa shape index (κ2) is 8.97. The molecule has 1 aromatic carbocycles. The van der Waals surface area contributed by atoms with Crippen molar-refractivity contribution >= 4 is 18.1 Å². The van der Waals surface area contributed by atoms with Gasteiger partial charge >= 0.3 is 0 Å². The summed E-state index contributed by atoms with van der Waals surface area (Å²) in [7, 11) is -4.43. The van der Waals surface area contributed by atoms with Gasteiger partial charge in [0.2, 0.25) is 10.0 Å². The molecule has 0 saturated carbocycles. The smallest absolute Gasteiger partial charge is 0.211 e. The molecule has 1 atom stereocenters. The lowest BCUT2D eigenvalue weighted by molar-refractivity contribution is 0.562. The first-order valence-electron chi connectivity index (χ1n) is 8.73. The highest BCUT2D eigenvalue weighted by Gasteiger charge is 2.14. The van der Waals surface area contributed by atoms with Crippen LogP contribution in [0.1, 0.15) is 32.3 Å². The van der Waals surface area contributed by atoms with Crippen LogP contribution in [0.25, 0.3) is 0 Å². The van der Waals surface area contributed by atoms with Crippen molar-refractivity contribution in [1.29, 1.82) is 0 Å². The summed E-state index contributed by atoms with van der Waals surface area (Å²) in [6.45, 7) is 14.0. The van der Waals surface area contributed by atoms with Crippen molar-refractivity contribution in [2.45, 2.75) is 64.2 Å². The number of allylic oxidation sites excluding steroid dienone is 2. The molecule has 0 saturated heterocycles. The van der Waals surface area contributed by atoms with Crippen LogP contribution in [0.2, 0.25) is 25.7 Å². The summed E-state index contributed by atoms with van der Waals surface area (Å²) in [5, 5.41) is 0. The van der Waals surface area contributed by atoms with Crippen LogP contribution in [-0.4, -0.2) is 23.0 Å². The predicted octanol–water partition coefficient (Wildman–Crippen LogP) is 4.97. The Kier molecular flexibility index (Phi) is 7.90. The average molecular weight is 368 g/mol. The normalized spacial score (nSPS) is 14.7. The van der Waals surface area contributed by atoms with Crippen molar-refractivity contribution < 1.29 is 8.42 Å². The van der Waals surface area contributed by atoms with E-state index < -0.39 is 18.1 Å². The number of aryl methyl sites for hydroxylation is 1. The van der Waals surface area contributed by atoms with Gasteiger partial charge in [-0.25, -0.2) is 13.1 Å². The predicted molar refractivity (Wildman–Crippen MR) is 107 cm³/mol. The summed E-state index contributed by atoms with van der Waals surface area (Å²) in [4.78, 5) is 0.340. The van der Waals surface area contributed by atoms with E-state index in [1.54, 1.807) is 12.1 Å². The summed E-state index contributed by atoms with van der Waals surface area (Å²) in [5.74, 6) is 0.491. The summed E-state index contributed by atoms with van der Waals surface area (Å²) >= 11 is 0. The Hall–Kier alpha value is -0.913. The van der Waals surface area contributed by atoms with Gasteiger partial charge in [0.1, 0.15) is 0 Å². The van der Waals surface area contributed by atoms with Gasteiger partial charge in [-0.15, -0.1) is 0 Å². The Morgan fingerprint density at radius 3 is 2.33 bits per heavy atom. The number of hydrogen-bond donors (Lipinski definition) is 1. The van der Waals surface area contributed by atoms with Crippen LogP contribution >= 0.6 is 0 Å². The Morgan fingerprint density at radius 2 is 1.79 bits per heavy atom. The molecule has 1 rings (SSSR count). The van der Waals surface area contributed by atoms with Gasteiger partial charge in [-0.3, -0.25) is 0 Å². The summed E-state index contributed by atoms with van der Waals surface area (Å²) in [5.41, 5.74) is 2.53. The van der Waals surface area contributed by atoms with Gasteiger partial charge < -0.3 is 0 Å². The first-order chi connectivity index (χ1) is 11.0. The number of hydrogen-bond acceptors (Lipinski definition) is 2. The van der Waals surface area contributed by atoms with E-state index in [-0.39, 0.29) is 0 Å². The van der Waals surface area contributed by atoms with Gasteiger partial charge in [-0.05, 0) is 50.8 Å². The Morgan fingerprint density at radius 1 is 1.21 bits per heavy atom. The molecular formula is C19H33NO2SSi. The van der Waals surface area contributed by atoms with Crippen LogP contribution in [0, 0.1) is 12.8 Å². The molecule has 0 aliphatic carbocycles. The van der Waals surface area contributed by atoms with E-state index in [4.69, 9.17) is 0 Å². The number of rotatable bonds is 9. The number of benzene rings is 1. The number of nitrogens with one attached hydrogen (secondary N) is 1. The molecule has 3 nitrogen and oxygen atoms in total. The maximum absolute atomic E-state index is 12.2. The lowest BCUT2D eigenvalue weighted by Gasteiger charge is -2.17. The third kappa shape index (κ3) is 8.26. The average Bonchev–Trinajstić information content (AvgIpc) is 2.42. The molecule has 1 unspecified atom stereocenters. The number of sulfonamides is 1. The van der Waals surface area contributed by atoms with Crippen molar-refractivity contribution in [2.24, 2.45) is 5.92 Å². The van der Waals surface area contributed by atoms with Crippen LogP contribution < -0.4 is 4.72 Å². The molecule has 24 heavy (non-hydrogen) atoms. The van der Waals surface area contributed by atoms with Crippen LogP contribution in [0.3, 0.4) is 0 Å². The molecule has 1 N–H and O–H groups in total. The zero-order valence-electron chi connectivity index (χ0n) is 16.0. The minimum atomic E-state index is -3.38. The molecular weight excluding hydrogens is 334 g/mol. The van der Waals surface area contributed by atoms with Gasteiger partial charge in [0.25, 0.3) is 0 Å². The molecule has 136 valence electrons. The molecule has 0 spiro atoms. The molecule has 0 amide bonds. The van der Waals surface area contributed by atoms with Gasteiger partial charge in [-0.2, -0.15) is 0 Å². The summed E-state index contributed by atoms with van der Waals surface area (Å²) < 4.78 is 27.1. The van der Waals surface area contributed by atoms with E-state index in [9.17, 15) is 8.42 Å². The largest absolute Gasteiger partial charge is 0.240 e. The SMILES string of the molecule is C/C(=C\C(C)CCCNS(=O)(=O)c1ccc(C)cc1)C[Si](C)(C)C. The Bertz CT molecular complexity index is 643. The van der Waals surface area contributed by atoms with Crippen molar-refractivity contribution in [3.8, 4) is 0 Å². The third-order valence-electron chi connectivity index (χ3n) is 3.84. The lowest BCUT2D eigenvalue weighted by Crippen LogP contribution is -2.25. The molecule has 0 aliphatic heterocycles. The Labute approximate surface area is 149 Å². The van der Waals surface area contributed by atoms with Gasteiger partial charge in [-0.1, -0.05) is 55.9 Å². The maximum Gasteiger partial charge on any atom is 0.240 e. The molecule has 0 fully saturated rings. The fourth-order valence-electron chi connectivity index (χ4n) is 2.90. The van der Waals surface area contributed by atoms with E-state index in [0.717, 1.165) is 18.4 Å². The lowest BCUT2D eigenvalue weighted by atomic mass is 10.0. The minimum absolute atomic E-state index is 0.340. The highest BCUT2D eigenvalue weighted by molar-refractivity contribution is 7.89. The van der Waals surface area contributed by atoms with Crippen molar-refractivity contribution in [1.82, 2.24) is 4.72 Å². The van der Waals surface area contributed by atoms with Gasteiger partial charge in [0, 0.05) is 14.6 Å². The van der Waals surface area contributed by atoms with E-state index in [1.807, 2.05) is 19.1 Å². The van der Waals surface area contributed by atoms with E-state index in [1.165, 1.54) is 11.6 Å². The Balaban J connectivity index is 2.42. The third-order valence-corrected chi connectivity index (χ3v) is 6.93. The fraction of sp³-hybridized carbons (Fsp3) is 0.579. The first-order valence-corrected chi connectivity index (χ1v) is 13.9. The summed E-state index contributed by atoms with van der Waals surface area (Å²) in [6, 6.07) is 8.19. The molecule has 1 aromatic rings. The van der Waals surface area contributed by atoms with E-state index in [0.29, 0.717) is 17.4 Å². The molecule has 0 aliphatic rings. The maximum atomic E-state index is 12.2. The van der Waals surface area contributed by atoms with E-state index >= 15 is 0 Å². The standard InChI is InChI=1S/C19H33NO2SSi/c1-16-9-11-19(12-10-16)23(21,22)20-13-7-8-17(2)14-18(3)15-24(4,5)6/h9-12,14,17,20H,7-8,13,15H2,1-6H3/b18-14+. The monoisotopic (exact) mass is 367 g/mol. The highest BCUT2D eigenvalue weighted by atomic mass is 32.2. The zero-order chi connectivity index (χ0) is 18.4. The van der Waals surface area contributed by atoms with Gasteiger partial charge in [0.05, 0.1) is 4.90 Å². The molecule has 0 bridgehead atoms. The van der Waals surface area contributed by atoms with Crippen LogP contribution in [-0.2, 0) is 10.0 Å². The fourth-order valence-corrected chi connectivity index (χ4v) is 5.76. The van der Waals surface area contributed by atoms with Crippen LogP contribution in [0.15, 0.2) is 40.8 Å². The van der Waals surface area contributed by atoms with Crippen molar-refractivity contribution in [3.63, 3.8) is 0 Å². The molecule has 5 heteroatoms. The van der Waals surface area contributed by atoms with Gasteiger partial charge in [0.15, 0.2) is 0 Å². The van der Waals surface area contributed by atoms with E-state index in [2.05, 4.69) is 44.3 Å². The first kappa shape index (κ1) is 21.1. The second-order valence-corrected chi connectivity index (χ2v) is 15.3. The van der Waals surface area contributed by atoms with Crippen LogP contribution in [0.5, 0.6) is 0 Å². The zero-order valence-corrected chi connectivity index (χ0v) is 17.8. The van der Waals surface area contributed by atoms with Crippen LogP contribution in [0.4, 0.5) is 0 Å². The molecule has 0 heterocycles. The quantitative estimate of drug-likeness (QED) is 0.380. The second-order valence-electron chi connectivity index (χ2n) is 8.08. The highest BCUT2D eigenvalue weighted by Crippen LogP contribution is 2.19. The topological polar surface area (TPSA) is 46.2 Å². The summed E-state index contributed by atoms with van der Waals surface area (Å²) in [6.07, 6.45) is 4.20. The molecule has 0 radical (unpaired) electrons.